The van der Waals surface area contributed by atoms with E-state index in [0.717, 1.165) is 58.0 Å². The van der Waals surface area contributed by atoms with E-state index in [1.165, 1.54) is 51.4 Å². The highest BCUT2D eigenvalue weighted by molar-refractivity contribution is 7.99. The van der Waals surface area contributed by atoms with Gasteiger partial charge in [-0.15, -0.1) is 0 Å². The van der Waals surface area contributed by atoms with E-state index < -0.39 is 23.7 Å². The van der Waals surface area contributed by atoms with Crippen LogP contribution in [0.15, 0.2) is 30.0 Å². The summed E-state index contributed by atoms with van der Waals surface area (Å²) in [4.78, 5) is 44.3. The first-order chi connectivity index (χ1) is 32.3. The highest BCUT2D eigenvalue weighted by Crippen LogP contribution is 2.50. The van der Waals surface area contributed by atoms with Gasteiger partial charge in [0, 0.05) is 56.7 Å². The van der Waals surface area contributed by atoms with Crippen LogP contribution in [0.1, 0.15) is 178 Å². The number of unbranched alkanes of at least 4 members (excludes halogenated alkanes) is 2. The summed E-state index contributed by atoms with van der Waals surface area (Å²) in [7, 11) is 0. The quantitative estimate of drug-likeness (QED) is 0.0739. The van der Waals surface area contributed by atoms with Crippen molar-refractivity contribution in [2.45, 2.75) is 196 Å². The van der Waals surface area contributed by atoms with Crippen molar-refractivity contribution in [2.75, 3.05) is 51.8 Å². The standard InChI is InChI=1S/C56H86N4O6S2/c1-15-19-23-39(17-3)33-67-27-21-25-65-53(63)57-45-31-47-43(55(11,12)37(9)59(47)35(5)6)29-41(45)49-51(61)50(52(49)62)42-30-44-48(60(36(7)8)38(10)56(44,13)14)32-46(42)58-54(64)66-26-22-28-68-34-40(18-4)24-20-16-2/h29-32,35-40H,15-28,33-34H2,1-14H3,(H2,57,58,61,62,63,64). The van der Waals surface area contributed by atoms with E-state index in [4.69, 9.17) is 9.47 Å². The van der Waals surface area contributed by atoms with Crippen molar-refractivity contribution in [3.63, 3.8) is 0 Å². The third kappa shape index (κ3) is 12.3. The zero-order valence-electron chi connectivity index (χ0n) is 44.2. The molecular weight excluding hydrogens is 889 g/mol. The minimum absolute atomic E-state index is 0.0115. The van der Waals surface area contributed by atoms with Crippen LogP contribution in [-0.4, -0.2) is 78.4 Å². The number of nitrogens with one attached hydrogen (secondary N) is 2. The number of Topliss-reactive ketones (excluding diaryl/α,β-unsaturated/α-hetero) is 1. The van der Waals surface area contributed by atoms with Crippen molar-refractivity contribution in [1.82, 2.24) is 4.58 Å². The number of fused-ring (bicyclic) bond motifs is 2. The molecule has 2 amide bonds. The molecule has 68 heavy (non-hydrogen) atoms. The van der Waals surface area contributed by atoms with Gasteiger partial charge in [0.1, 0.15) is 6.04 Å². The molecule has 0 radical (unpaired) electrons. The van der Waals surface area contributed by atoms with Crippen LogP contribution in [0.3, 0.4) is 0 Å². The highest BCUT2D eigenvalue weighted by Gasteiger charge is 2.47. The molecule has 4 unspecified atom stereocenters. The normalized spacial score (nSPS) is 19.9. The van der Waals surface area contributed by atoms with Crippen LogP contribution in [0.2, 0.25) is 0 Å². The SMILES string of the molecule is CCCCC(CC)CSCCCOC(=O)Nc1cc2c(cc1C1=C([O-])/C(=c3/cc4c(cc3NC(=O)OCCCSCC(CC)CCCC)=[N+](C(C)C)C(C)C4(C)C)C1=O)C(C)(C)C(C)N2C(C)C. The van der Waals surface area contributed by atoms with E-state index in [1.807, 2.05) is 47.8 Å². The monoisotopic (exact) mass is 975 g/mol. The van der Waals surface area contributed by atoms with E-state index in [0.29, 0.717) is 34.0 Å². The second kappa shape index (κ2) is 24.5. The molecule has 3 aliphatic rings. The predicted molar refractivity (Wildman–Crippen MR) is 287 cm³/mol. The lowest BCUT2D eigenvalue weighted by Crippen LogP contribution is -2.42. The number of rotatable bonds is 25. The molecule has 0 saturated heterocycles. The number of thioether (sulfide) groups is 2. The molecule has 12 heteroatoms. The fourth-order valence-electron chi connectivity index (χ4n) is 10.4. The molecule has 4 atom stereocenters. The van der Waals surface area contributed by atoms with Gasteiger partial charge < -0.3 is 19.5 Å². The topological polar surface area (TPSA) is 123 Å². The molecule has 2 aromatic carbocycles. The van der Waals surface area contributed by atoms with Crippen LogP contribution >= 0.6 is 23.5 Å². The van der Waals surface area contributed by atoms with Crippen molar-refractivity contribution in [1.29, 1.82) is 0 Å². The van der Waals surface area contributed by atoms with Crippen molar-refractivity contribution in [3.8, 4) is 0 Å². The van der Waals surface area contributed by atoms with E-state index in [2.05, 4.69) is 117 Å². The number of ketones is 1. The predicted octanol–water partition coefficient (Wildman–Crippen LogP) is 11.4. The maximum atomic E-state index is 14.8. The smallest absolute Gasteiger partial charge is 0.411 e. The fraction of sp³-hybridized carbons (Fsp3) is 0.679. The molecule has 2 N–H and O–H groups in total. The van der Waals surface area contributed by atoms with Gasteiger partial charge in [0.25, 0.3) is 0 Å². The van der Waals surface area contributed by atoms with Crippen LogP contribution in [0.5, 0.6) is 0 Å². The molecule has 2 heterocycles. The number of hydrogen-bond donors (Lipinski definition) is 2. The largest absolute Gasteiger partial charge is 0.871 e. The van der Waals surface area contributed by atoms with E-state index in [-0.39, 0.29) is 59.4 Å². The first-order valence-corrected chi connectivity index (χ1v) is 28.4. The van der Waals surface area contributed by atoms with E-state index in [9.17, 15) is 19.5 Å². The zero-order chi connectivity index (χ0) is 50.1. The van der Waals surface area contributed by atoms with E-state index >= 15 is 0 Å². The molecule has 378 valence electrons. The second-order valence-corrected chi connectivity index (χ2v) is 23.5. The molecule has 1 aliphatic carbocycles. The van der Waals surface area contributed by atoms with Crippen molar-refractivity contribution < 1.29 is 29.0 Å². The average Bonchev–Trinajstić information content (AvgIpc) is 3.60. The molecule has 0 aromatic heterocycles. The number of anilines is 3. The number of ether oxygens (including phenoxy) is 2. The van der Waals surface area contributed by atoms with Gasteiger partial charge in [-0.25, -0.2) is 14.2 Å². The van der Waals surface area contributed by atoms with Gasteiger partial charge in [-0.1, -0.05) is 85.8 Å². The minimum atomic E-state index is -0.624. The number of carbonyl (C=O) groups excluding carboxylic acids is 3. The van der Waals surface area contributed by atoms with Gasteiger partial charge in [-0.05, 0) is 140 Å². The summed E-state index contributed by atoms with van der Waals surface area (Å²) in [5.41, 5.74) is 3.43. The number of amides is 2. The van der Waals surface area contributed by atoms with Crippen LogP contribution in [-0.2, 0) is 25.1 Å². The van der Waals surface area contributed by atoms with Crippen LogP contribution in [0.4, 0.5) is 26.7 Å². The number of benzene rings is 2. The Hall–Kier alpha value is -3.64. The van der Waals surface area contributed by atoms with Gasteiger partial charge in [-0.3, -0.25) is 15.4 Å². The molecule has 0 fully saturated rings. The van der Waals surface area contributed by atoms with Crippen LogP contribution in [0, 0.1) is 11.8 Å². The number of nitrogens with zero attached hydrogens (tertiary/aromatic N) is 2. The summed E-state index contributed by atoms with van der Waals surface area (Å²) in [6.07, 6.45) is 10.00. The Labute approximate surface area is 418 Å². The van der Waals surface area contributed by atoms with Gasteiger partial charge in [0.2, 0.25) is 5.36 Å². The first-order valence-electron chi connectivity index (χ1n) is 26.1. The minimum Gasteiger partial charge on any atom is -0.871 e. The summed E-state index contributed by atoms with van der Waals surface area (Å²) >= 11 is 3.83. The van der Waals surface area contributed by atoms with Gasteiger partial charge in [0.05, 0.1) is 30.0 Å². The summed E-state index contributed by atoms with van der Waals surface area (Å²) < 4.78 is 13.8. The second-order valence-electron chi connectivity index (χ2n) is 21.2. The third-order valence-corrected chi connectivity index (χ3v) is 17.9. The average molecular weight is 975 g/mol. The summed E-state index contributed by atoms with van der Waals surface area (Å²) in [6, 6.07) is 8.22. The zero-order valence-corrected chi connectivity index (χ0v) is 45.9. The number of carbonyl (C=O) groups is 3. The summed E-state index contributed by atoms with van der Waals surface area (Å²) in [5, 5.41) is 22.1. The number of hydrogen-bond acceptors (Lipinski definition) is 9. The Balaban J connectivity index is 1.49. The lowest BCUT2D eigenvalue weighted by molar-refractivity contribution is -0.292. The Morgan fingerprint density at radius 2 is 1.29 bits per heavy atom. The molecule has 0 saturated carbocycles. The van der Waals surface area contributed by atoms with Crippen LogP contribution < -0.4 is 35.8 Å². The molecule has 0 bridgehead atoms. The molecule has 2 aromatic rings. The molecule has 2 aliphatic heterocycles. The maximum absolute atomic E-state index is 14.8. The summed E-state index contributed by atoms with van der Waals surface area (Å²) in [5.74, 6) is 4.58. The maximum Gasteiger partial charge on any atom is 0.411 e. The highest BCUT2D eigenvalue weighted by atomic mass is 32.2. The molecular formula is C56H86N4O6S2. The van der Waals surface area contributed by atoms with E-state index in [1.54, 1.807) is 0 Å². The Morgan fingerprint density at radius 3 is 1.78 bits per heavy atom. The Bertz CT molecular complexity index is 2270. The Kier molecular flexibility index (Phi) is 19.9. The van der Waals surface area contributed by atoms with Gasteiger partial charge >= 0.3 is 12.2 Å². The van der Waals surface area contributed by atoms with Crippen LogP contribution in [0.25, 0.3) is 11.1 Å². The van der Waals surface area contributed by atoms with Crippen molar-refractivity contribution >= 4 is 69.7 Å². The lowest BCUT2D eigenvalue weighted by Gasteiger charge is -2.34. The molecule has 10 nitrogen and oxygen atoms in total. The van der Waals surface area contributed by atoms with Crippen molar-refractivity contribution in [2.24, 2.45) is 11.8 Å². The molecule has 0 spiro atoms. The number of allylic oxidation sites excluding steroid dienone is 2. The molecule has 5 rings (SSSR count). The lowest BCUT2D eigenvalue weighted by atomic mass is 9.76. The van der Waals surface area contributed by atoms with Gasteiger partial charge in [-0.2, -0.15) is 23.5 Å². The Morgan fingerprint density at radius 1 is 0.750 bits per heavy atom. The van der Waals surface area contributed by atoms with Crippen molar-refractivity contribution in [3.05, 3.63) is 57.3 Å². The third-order valence-electron chi connectivity index (χ3n) is 15.3. The fourth-order valence-corrected chi connectivity index (χ4v) is 12.8. The van der Waals surface area contributed by atoms with Gasteiger partial charge in [0.15, 0.2) is 11.8 Å². The summed E-state index contributed by atoms with van der Waals surface area (Å²) in [6.45, 7) is 31.2. The first kappa shape index (κ1) is 55.3.